The summed E-state index contributed by atoms with van der Waals surface area (Å²) in [6.07, 6.45) is 2.13. The smallest absolute Gasteiger partial charge is 0.329 e. The third-order valence-corrected chi connectivity index (χ3v) is 3.41. The molecule has 1 fully saturated rings. The summed E-state index contributed by atoms with van der Waals surface area (Å²) in [5.41, 5.74) is 4.37. The molecule has 0 aromatic rings. The van der Waals surface area contributed by atoms with E-state index in [9.17, 15) is 14.7 Å². The zero-order chi connectivity index (χ0) is 13.6. The van der Waals surface area contributed by atoms with E-state index in [4.69, 9.17) is 10.5 Å². The van der Waals surface area contributed by atoms with Crippen LogP contribution in [0.3, 0.4) is 0 Å². The summed E-state index contributed by atoms with van der Waals surface area (Å²) in [6, 6.07) is 0. The zero-order valence-electron chi connectivity index (χ0n) is 10.8. The van der Waals surface area contributed by atoms with Crippen LogP contribution in [-0.4, -0.2) is 42.3 Å². The molecule has 0 aromatic heterocycles. The van der Waals surface area contributed by atoms with Gasteiger partial charge in [0.25, 0.3) is 0 Å². The van der Waals surface area contributed by atoms with Crippen molar-refractivity contribution in [2.45, 2.75) is 38.1 Å². The molecule has 1 aliphatic heterocycles. The number of amides is 1. The number of hydrogen-bond donors (Lipinski definition) is 3. The Kier molecular flexibility index (Phi) is 5.55. The Morgan fingerprint density at radius 1 is 1.44 bits per heavy atom. The Morgan fingerprint density at radius 2 is 2.06 bits per heavy atom. The van der Waals surface area contributed by atoms with Crippen LogP contribution in [0.25, 0.3) is 0 Å². The topological polar surface area (TPSA) is 102 Å². The highest BCUT2D eigenvalue weighted by atomic mass is 16.5. The number of aliphatic carboxylic acids is 1. The number of ether oxygens (including phenoxy) is 1. The van der Waals surface area contributed by atoms with Gasteiger partial charge in [-0.05, 0) is 6.42 Å². The molecule has 0 saturated carbocycles. The second-order valence-corrected chi connectivity index (χ2v) is 4.71. The summed E-state index contributed by atoms with van der Waals surface area (Å²) < 4.78 is 5.15. The number of nitrogens with two attached hydrogens (primary N) is 1. The van der Waals surface area contributed by atoms with E-state index in [1.807, 2.05) is 6.92 Å². The minimum Gasteiger partial charge on any atom is -0.480 e. The minimum absolute atomic E-state index is 0.242. The third-order valence-electron chi connectivity index (χ3n) is 3.41. The molecule has 1 amide bonds. The summed E-state index contributed by atoms with van der Waals surface area (Å²) >= 11 is 0. The van der Waals surface area contributed by atoms with Crippen molar-refractivity contribution < 1.29 is 19.4 Å². The number of carbonyl (C=O) groups is 2. The number of carboxylic acids is 1. The van der Waals surface area contributed by atoms with E-state index in [1.54, 1.807) is 0 Å². The van der Waals surface area contributed by atoms with Gasteiger partial charge in [-0.1, -0.05) is 13.3 Å². The van der Waals surface area contributed by atoms with Gasteiger partial charge in [-0.25, -0.2) is 4.79 Å². The Hall–Kier alpha value is -1.14. The van der Waals surface area contributed by atoms with Gasteiger partial charge in [-0.3, -0.25) is 4.79 Å². The molecule has 0 aromatic carbocycles. The van der Waals surface area contributed by atoms with Crippen molar-refractivity contribution in [3.8, 4) is 0 Å². The van der Waals surface area contributed by atoms with Crippen LogP contribution in [0.4, 0.5) is 0 Å². The Morgan fingerprint density at radius 3 is 2.50 bits per heavy atom. The monoisotopic (exact) mass is 258 g/mol. The van der Waals surface area contributed by atoms with Crippen molar-refractivity contribution in [1.29, 1.82) is 0 Å². The zero-order valence-corrected chi connectivity index (χ0v) is 10.8. The largest absolute Gasteiger partial charge is 0.480 e. The van der Waals surface area contributed by atoms with E-state index in [-0.39, 0.29) is 18.4 Å². The molecule has 1 atom stereocenters. The minimum atomic E-state index is -1.18. The number of carboxylic acid groups (broad SMARTS) is 1. The molecule has 0 radical (unpaired) electrons. The standard InChI is InChI=1S/C12H22N2O4/c1-2-3-9(8-13)10(15)14-12(11(16)17)4-6-18-7-5-12/h9H,2-8,13H2,1H3,(H,14,15)(H,16,17). The molecule has 6 heteroatoms. The SMILES string of the molecule is CCCC(CN)C(=O)NC1(C(=O)O)CCOCC1. The fourth-order valence-electron chi connectivity index (χ4n) is 2.15. The highest BCUT2D eigenvalue weighted by Crippen LogP contribution is 2.22. The van der Waals surface area contributed by atoms with Gasteiger partial charge in [0, 0.05) is 32.6 Å². The van der Waals surface area contributed by atoms with Crippen LogP contribution >= 0.6 is 0 Å². The first-order valence-corrected chi connectivity index (χ1v) is 6.39. The van der Waals surface area contributed by atoms with Crippen molar-refractivity contribution in [3.63, 3.8) is 0 Å². The molecule has 4 N–H and O–H groups in total. The van der Waals surface area contributed by atoms with Gasteiger partial charge in [0.1, 0.15) is 5.54 Å². The summed E-state index contributed by atoms with van der Waals surface area (Å²) in [5.74, 6) is -1.57. The third kappa shape index (κ3) is 3.43. The second kappa shape index (κ2) is 6.70. The van der Waals surface area contributed by atoms with Crippen molar-refractivity contribution in [2.75, 3.05) is 19.8 Å². The summed E-state index contributed by atoms with van der Waals surface area (Å²) in [7, 11) is 0. The molecule has 1 aliphatic rings. The van der Waals surface area contributed by atoms with Crippen LogP contribution in [-0.2, 0) is 14.3 Å². The van der Waals surface area contributed by atoms with Gasteiger partial charge in [0.15, 0.2) is 0 Å². The van der Waals surface area contributed by atoms with Gasteiger partial charge in [0.2, 0.25) is 5.91 Å². The summed E-state index contributed by atoms with van der Waals surface area (Å²) in [5, 5.41) is 12.0. The van der Waals surface area contributed by atoms with Crippen LogP contribution < -0.4 is 11.1 Å². The Bertz CT molecular complexity index is 300. The van der Waals surface area contributed by atoms with E-state index in [0.717, 1.165) is 6.42 Å². The lowest BCUT2D eigenvalue weighted by molar-refractivity contribution is -0.152. The average Bonchev–Trinajstić information content (AvgIpc) is 2.36. The molecule has 1 unspecified atom stereocenters. The molecule has 1 heterocycles. The molecule has 18 heavy (non-hydrogen) atoms. The maximum atomic E-state index is 12.0. The van der Waals surface area contributed by atoms with Crippen molar-refractivity contribution in [1.82, 2.24) is 5.32 Å². The summed E-state index contributed by atoms with van der Waals surface area (Å²) in [4.78, 5) is 23.4. The lowest BCUT2D eigenvalue weighted by atomic mass is 9.89. The Balaban J connectivity index is 2.71. The highest BCUT2D eigenvalue weighted by molar-refractivity contribution is 5.88. The van der Waals surface area contributed by atoms with Gasteiger partial charge >= 0.3 is 5.97 Å². The molecule has 1 rings (SSSR count). The molecule has 1 saturated heterocycles. The van der Waals surface area contributed by atoms with E-state index in [2.05, 4.69) is 5.32 Å². The second-order valence-electron chi connectivity index (χ2n) is 4.71. The molecule has 0 spiro atoms. The average molecular weight is 258 g/mol. The van der Waals surface area contributed by atoms with Gasteiger partial charge in [-0.2, -0.15) is 0 Å². The lowest BCUT2D eigenvalue weighted by Crippen LogP contribution is -2.59. The van der Waals surface area contributed by atoms with Crippen molar-refractivity contribution in [3.05, 3.63) is 0 Å². The molecule has 0 aliphatic carbocycles. The number of nitrogens with one attached hydrogen (secondary N) is 1. The van der Waals surface area contributed by atoms with E-state index in [1.165, 1.54) is 0 Å². The van der Waals surface area contributed by atoms with Crippen molar-refractivity contribution in [2.24, 2.45) is 11.7 Å². The molecular weight excluding hydrogens is 236 g/mol. The number of carbonyl (C=O) groups excluding carboxylic acids is 1. The van der Waals surface area contributed by atoms with E-state index >= 15 is 0 Å². The maximum Gasteiger partial charge on any atom is 0.329 e. The van der Waals surface area contributed by atoms with Crippen LogP contribution in [0.2, 0.25) is 0 Å². The number of rotatable bonds is 6. The first-order chi connectivity index (χ1) is 8.55. The van der Waals surface area contributed by atoms with Gasteiger partial charge in [-0.15, -0.1) is 0 Å². The highest BCUT2D eigenvalue weighted by Gasteiger charge is 2.42. The van der Waals surface area contributed by atoms with Gasteiger partial charge in [0.05, 0.1) is 5.92 Å². The van der Waals surface area contributed by atoms with Crippen LogP contribution in [0.15, 0.2) is 0 Å². The molecular formula is C12H22N2O4. The predicted octanol–water partition coefficient (Wildman–Crippen LogP) is 0.111. The first-order valence-electron chi connectivity index (χ1n) is 6.39. The fraction of sp³-hybridized carbons (Fsp3) is 0.833. The molecule has 6 nitrogen and oxygen atoms in total. The van der Waals surface area contributed by atoms with E-state index < -0.39 is 11.5 Å². The quantitative estimate of drug-likeness (QED) is 0.627. The van der Waals surface area contributed by atoms with E-state index in [0.29, 0.717) is 32.5 Å². The fourth-order valence-corrected chi connectivity index (χ4v) is 2.15. The number of hydrogen-bond acceptors (Lipinski definition) is 4. The molecule has 104 valence electrons. The van der Waals surface area contributed by atoms with Crippen LogP contribution in [0, 0.1) is 5.92 Å². The first kappa shape index (κ1) is 14.9. The predicted molar refractivity (Wildman–Crippen MR) is 66.0 cm³/mol. The lowest BCUT2D eigenvalue weighted by Gasteiger charge is -2.35. The van der Waals surface area contributed by atoms with Gasteiger partial charge < -0.3 is 20.9 Å². The summed E-state index contributed by atoms with van der Waals surface area (Å²) in [6.45, 7) is 2.92. The normalized spacial score (nSPS) is 20.1. The maximum absolute atomic E-state index is 12.0. The molecule has 0 bridgehead atoms. The van der Waals surface area contributed by atoms with Crippen molar-refractivity contribution >= 4 is 11.9 Å². The Labute approximate surface area is 107 Å². The van der Waals surface area contributed by atoms with Crippen LogP contribution in [0.1, 0.15) is 32.6 Å². The van der Waals surface area contributed by atoms with Crippen LogP contribution in [0.5, 0.6) is 0 Å².